The van der Waals surface area contributed by atoms with E-state index < -0.39 is 5.92 Å². The molecule has 5 nitrogen and oxygen atoms in total. The number of hydrogen-bond acceptors (Lipinski definition) is 5. The Morgan fingerprint density at radius 1 is 1.32 bits per heavy atom. The van der Waals surface area contributed by atoms with Crippen LogP contribution in [-0.2, 0) is 9.53 Å². The molecule has 1 aliphatic heterocycles. The first kappa shape index (κ1) is 18.0. The minimum absolute atomic E-state index is 0.0251. The molecule has 1 heterocycles. The van der Waals surface area contributed by atoms with Gasteiger partial charge in [-0.05, 0) is 55.0 Å². The first-order chi connectivity index (χ1) is 11.6. The van der Waals surface area contributed by atoms with E-state index in [0.717, 1.165) is 0 Å². The predicted octanol–water partition coefficient (Wildman–Crippen LogP) is 4.37. The van der Waals surface area contributed by atoms with E-state index in [1.165, 1.54) is 0 Å². The summed E-state index contributed by atoms with van der Waals surface area (Å²) in [5, 5.41) is 19.5. The Hall–Kier alpha value is -1.78. The maximum absolute atomic E-state index is 12.8. The smallest absolute Gasteiger partial charge is 0.205 e. The van der Waals surface area contributed by atoms with Gasteiger partial charge in [0.2, 0.25) is 5.88 Å². The van der Waals surface area contributed by atoms with Crippen LogP contribution in [0, 0.1) is 16.7 Å². The van der Waals surface area contributed by atoms with Crippen molar-refractivity contribution in [2.75, 3.05) is 0 Å². The maximum atomic E-state index is 12.8. The maximum Gasteiger partial charge on any atom is 0.205 e. The van der Waals surface area contributed by atoms with E-state index in [-0.39, 0.29) is 28.4 Å². The Morgan fingerprint density at radius 2 is 1.92 bits per heavy atom. The van der Waals surface area contributed by atoms with Gasteiger partial charge in [0.15, 0.2) is 5.78 Å². The molecule has 1 aromatic rings. The van der Waals surface area contributed by atoms with Gasteiger partial charge in [0.1, 0.15) is 23.2 Å². The molecule has 0 fully saturated rings. The number of Topliss-reactive ketones (excluding diaryl/α,β-unsaturated/α-hetero) is 1. The lowest BCUT2D eigenvalue weighted by Gasteiger charge is -2.37. The first-order valence-electron chi connectivity index (χ1n) is 7.66. The number of benzene rings is 1. The van der Waals surface area contributed by atoms with Crippen molar-refractivity contribution in [3.63, 3.8) is 0 Å². The quantitative estimate of drug-likeness (QED) is 0.639. The molecular formula is C18H16Br2N2O3. The molecule has 0 saturated carbocycles. The van der Waals surface area contributed by atoms with Gasteiger partial charge in [0.05, 0.1) is 14.9 Å². The number of hydrogen-bond donors (Lipinski definition) is 2. The summed E-state index contributed by atoms with van der Waals surface area (Å²) < 4.78 is 6.58. The molecule has 7 heteroatoms. The summed E-state index contributed by atoms with van der Waals surface area (Å²) >= 11 is 6.60. The fourth-order valence-corrected chi connectivity index (χ4v) is 4.59. The summed E-state index contributed by atoms with van der Waals surface area (Å²) in [6.07, 6.45) is 0.954. The molecule has 25 heavy (non-hydrogen) atoms. The van der Waals surface area contributed by atoms with E-state index in [2.05, 4.69) is 37.9 Å². The Bertz CT molecular complexity index is 871. The average Bonchev–Trinajstić information content (AvgIpc) is 2.49. The molecule has 1 unspecified atom stereocenters. The molecule has 0 amide bonds. The highest BCUT2D eigenvalue weighted by molar-refractivity contribution is 9.11. The monoisotopic (exact) mass is 466 g/mol. The van der Waals surface area contributed by atoms with Gasteiger partial charge in [0.25, 0.3) is 0 Å². The number of nitrogens with zero attached hydrogens (tertiary/aromatic N) is 1. The number of rotatable bonds is 1. The van der Waals surface area contributed by atoms with Crippen LogP contribution in [0.4, 0.5) is 0 Å². The van der Waals surface area contributed by atoms with Crippen LogP contribution in [0.1, 0.15) is 38.2 Å². The van der Waals surface area contributed by atoms with E-state index >= 15 is 0 Å². The van der Waals surface area contributed by atoms with E-state index in [0.29, 0.717) is 38.7 Å². The molecule has 0 radical (unpaired) electrons. The highest BCUT2D eigenvalue weighted by Crippen LogP contribution is 2.49. The fraction of sp³-hybridized carbons (Fsp3) is 0.333. The Balaban J connectivity index is 2.23. The number of halogens is 2. The number of carbonyl (C=O) groups is 1. The van der Waals surface area contributed by atoms with Crippen molar-refractivity contribution in [3.8, 4) is 11.8 Å². The number of ketones is 1. The number of allylic oxidation sites excluding steroid dienone is 3. The third-order valence-electron chi connectivity index (χ3n) is 4.45. The molecule has 1 aromatic carbocycles. The topological polar surface area (TPSA) is 96.3 Å². The van der Waals surface area contributed by atoms with Crippen LogP contribution in [0.25, 0.3) is 0 Å². The number of carbonyl (C=O) groups excluding carboxylic acids is 1. The summed E-state index contributed by atoms with van der Waals surface area (Å²) in [6.45, 7) is 4.00. The number of aromatic hydroxyl groups is 1. The zero-order valence-electron chi connectivity index (χ0n) is 13.7. The number of phenolic OH excluding ortho intramolecular Hbond substituents is 1. The minimum atomic E-state index is -0.606. The second kappa shape index (κ2) is 6.19. The average molecular weight is 468 g/mol. The second-order valence-corrected chi connectivity index (χ2v) is 8.74. The largest absolute Gasteiger partial charge is 0.506 e. The molecule has 1 aliphatic carbocycles. The summed E-state index contributed by atoms with van der Waals surface area (Å²) in [7, 11) is 0. The second-order valence-electron chi connectivity index (χ2n) is 7.04. The van der Waals surface area contributed by atoms with E-state index in [1.54, 1.807) is 12.1 Å². The highest BCUT2D eigenvalue weighted by Gasteiger charge is 2.43. The normalized spacial score (nSPS) is 22.4. The fourth-order valence-electron chi connectivity index (χ4n) is 3.37. The Morgan fingerprint density at radius 3 is 2.48 bits per heavy atom. The van der Waals surface area contributed by atoms with E-state index in [1.807, 2.05) is 13.8 Å². The van der Waals surface area contributed by atoms with Crippen LogP contribution in [0.15, 0.2) is 43.9 Å². The summed E-state index contributed by atoms with van der Waals surface area (Å²) in [5.41, 5.74) is 7.13. The standard InChI is InChI=1S/C18H16Br2N2O3/c1-18(2)5-12(23)15-13(6-18)25-17(22)9(7-21)14(15)8-3-10(19)16(24)11(20)4-8/h3-4,14,24H,5-6,22H2,1-2H3. The van der Waals surface area contributed by atoms with Gasteiger partial charge in [-0.3, -0.25) is 4.79 Å². The van der Waals surface area contributed by atoms with Crippen LogP contribution in [0.2, 0.25) is 0 Å². The molecule has 3 rings (SSSR count). The van der Waals surface area contributed by atoms with Gasteiger partial charge in [-0.1, -0.05) is 13.8 Å². The minimum Gasteiger partial charge on any atom is -0.506 e. The van der Waals surface area contributed by atoms with Crippen LogP contribution in [0.5, 0.6) is 5.75 Å². The molecule has 3 N–H and O–H groups in total. The zero-order chi connectivity index (χ0) is 18.5. The van der Waals surface area contributed by atoms with Crippen LogP contribution < -0.4 is 5.73 Å². The van der Waals surface area contributed by atoms with E-state index in [4.69, 9.17) is 10.5 Å². The van der Waals surface area contributed by atoms with Crippen molar-refractivity contribution in [1.29, 1.82) is 5.26 Å². The molecule has 2 aliphatic rings. The lowest BCUT2D eigenvalue weighted by molar-refractivity contribution is -0.119. The lowest BCUT2D eigenvalue weighted by atomic mass is 9.70. The predicted molar refractivity (Wildman–Crippen MR) is 99.2 cm³/mol. The molecule has 0 spiro atoms. The van der Waals surface area contributed by atoms with Gasteiger partial charge >= 0.3 is 0 Å². The molecule has 0 bridgehead atoms. The van der Waals surface area contributed by atoms with Crippen molar-refractivity contribution >= 4 is 37.6 Å². The van der Waals surface area contributed by atoms with Crippen molar-refractivity contribution in [3.05, 3.63) is 49.4 Å². The highest BCUT2D eigenvalue weighted by atomic mass is 79.9. The van der Waals surface area contributed by atoms with Gasteiger partial charge in [-0.15, -0.1) is 0 Å². The van der Waals surface area contributed by atoms with E-state index in [9.17, 15) is 15.2 Å². The van der Waals surface area contributed by atoms with Gasteiger partial charge in [-0.2, -0.15) is 5.26 Å². The van der Waals surface area contributed by atoms with Crippen molar-refractivity contribution in [2.45, 2.75) is 32.6 Å². The summed E-state index contributed by atoms with van der Waals surface area (Å²) in [4.78, 5) is 12.8. The molecule has 130 valence electrons. The number of phenols is 1. The van der Waals surface area contributed by atoms with Gasteiger partial charge in [-0.25, -0.2) is 0 Å². The number of nitriles is 1. The summed E-state index contributed by atoms with van der Waals surface area (Å²) in [5.74, 6) is -0.0425. The first-order valence-corrected chi connectivity index (χ1v) is 9.25. The zero-order valence-corrected chi connectivity index (χ0v) is 16.9. The summed E-state index contributed by atoms with van der Waals surface area (Å²) in [6, 6.07) is 5.47. The van der Waals surface area contributed by atoms with Crippen molar-refractivity contribution in [1.82, 2.24) is 0 Å². The van der Waals surface area contributed by atoms with Crippen LogP contribution in [0.3, 0.4) is 0 Å². The lowest BCUT2D eigenvalue weighted by Crippen LogP contribution is -2.33. The van der Waals surface area contributed by atoms with Gasteiger partial charge < -0.3 is 15.6 Å². The van der Waals surface area contributed by atoms with Crippen molar-refractivity contribution in [2.24, 2.45) is 11.1 Å². The van der Waals surface area contributed by atoms with Crippen LogP contribution in [-0.4, -0.2) is 10.9 Å². The van der Waals surface area contributed by atoms with Crippen LogP contribution >= 0.6 is 31.9 Å². The third-order valence-corrected chi connectivity index (χ3v) is 5.66. The Kier molecular flexibility index (Phi) is 4.46. The van der Waals surface area contributed by atoms with Crippen molar-refractivity contribution < 1.29 is 14.6 Å². The number of ether oxygens (including phenoxy) is 1. The molecular weight excluding hydrogens is 452 g/mol. The molecule has 0 saturated heterocycles. The number of nitrogens with two attached hydrogens (primary N) is 1. The van der Waals surface area contributed by atoms with Gasteiger partial charge in [0, 0.05) is 18.4 Å². The SMILES string of the molecule is CC1(C)CC(=O)C2=C(C1)OC(N)=C(C#N)C2c1cc(Br)c(O)c(Br)c1. The Labute approximate surface area is 162 Å². The molecule has 0 aromatic heterocycles. The molecule has 1 atom stereocenters. The third kappa shape index (κ3) is 3.09.